The van der Waals surface area contributed by atoms with Gasteiger partial charge in [0.2, 0.25) is 5.91 Å². The van der Waals surface area contributed by atoms with E-state index in [1.165, 1.54) is 11.8 Å². The van der Waals surface area contributed by atoms with Gasteiger partial charge in [0, 0.05) is 19.2 Å². The van der Waals surface area contributed by atoms with E-state index in [1.807, 2.05) is 74.0 Å². The summed E-state index contributed by atoms with van der Waals surface area (Å²) in [5, 5.41) is 15.1. The van der Waals surface area contributed by atoms with Crippen molar-refractivity contribution in [1.82, 2.24) is 25.4 Å². The molecule has 7 nitrogen and oxygen atoms in total. The summed E-state index contributed by atoms with van der Waals surface area (Å²) in [6.45, 7) is 4.54. The topological polar surface area (TPSA) is 88.9 Å². The van der Waals surface area contributed by atoms with Crippen LogP contribution in [-0.2, 0) is 18.4 Å². The molecule has 8 heteroatoms. The lowest BCUT2D eigenvalue weighted by Gasteiger charge is -2.21. The van der Waals surface area contributed by atoms with Crippen LogP contribution in [0.3, 0.4) is 0 Å². The van der Waals surface area contributed by atoms with Gasteiger partial charge in [-0.15, -0.1) is 10.2 Å². The van der Waals surface area contributed by atoms with Gasteiger partial charge >= 0.3 is 0 Å². The molecule has 0 spiro atoms. The first-order valence-electron chi connectivity index (χ1n) is 10.1. The quantitative estimate of drug-likeness (QED) is 0.501. The van der Waals surface area contributed by atoms with E-state index in [4.69, 9.17) is 0 Å². The van der Waals surface area contributed by atoms with E-state index in [1.54, 1.807) is 12.1 Å². The molecule has 0 fully saturated rings. The minimum absolute atomic E-state index is 0.0730. The van der Waals surface area contributed by atoms with Crippen molar-refractivity contribution in [1.29, 1.82) is 0 Å². The molecule has 0 unspecified atom stereocenters. The largest absolute Gasteiger partial charge is 0.351 e. The zero-order chi connectivity index (χ0) is 22.2. The predicted octanol–water partition coefficient (Wildman–Crippen LogP) is 3.35. The van der Waals surface area contributed by atoms with Crippen molar-refractivity contribution in [3.8, 4) is 0 Å². The molecule has 0 saturated heterocycles. The Bertz CT molecular complexity index is 1010. The van der Waals surface area contributed by atoms with Gasteiger partial charge in [-0.2, -0.15) is 0 Å². The van der Waals surface area contributed by atoms with E-state index >= 15 is 0 Å². The predicted molar refractivity (Wildman–Crippen MR) is 122 cm³/mol. The molecule has 31 heavy (non-hydrogen) atoms. The molecule has 1 heterocycles. The zero-order valence-electron chi connectivity index (χ0n) is 17.9. The summed E-state index contributed by atoms with van der Waals surface area (Å²) >= 11 is 1.32. The van der Waals surface area contributed by atoms with Crippen LogP contribution in [0.2, 0.25) is 0 Å². The lowest BCUT2D eigenvalue weighted by Crippen LogP contribution is -2.33. The van der Waals surface area contributed by atoms with Gasteiger partial charge in [-0.3, -0.25) is 9.59 Å². The normalized spacial score (nSPS) is 11.9. The third kappa shape index (κ3) is 6.18. The Balaban J connectivity index is 1.60. The number of nitrogens with zero attached hydrogens (tertiary/aromatic N) is 3. The average Bonchev–Trinajstić information content (AvgIpc) is 3.15. The molecule has 162 valence electrons. The van der Waals surface area contributed by atoms with Crippen LogP contribution in [0, 0.1) is 5.92 Å². The number of hydrogen-bond acceptors (Lipinski definition) is 5. The summed E-state index contributed by atoms with van der Waals surface area (Å²) in [5.41, 5.74) is 1.65. The molecule has 1 aromatic heterocycles. The number of carbonyl (C=O) groups is 2. The van der Waals surface area contributed by atoms with Gasteiger partial charge in [-0.25, -0.2) is 0 Å². The lowest BCUT2D eigenvalue weighted by atomic mass is 10.0. The fraction of sp³-hybridized carbons (Fsp3) is 0.304. The fourth-order valence-electron chi connectivity index (χ4n) is 3.04. The number of rotatable bonds is 9. The number of hydrogen-bond donors (Lipinski definition) is 2. The molecule has 0 aliphatic rings. The molecule has 2 amide bonds. The van der Waals surface area contributed by atoms with Crippen LogP contribution >= 0.6 is 11.8 Å². The average molecular weight is 438 g/mol. The Labute approximate surface area is 186 Å². The molecule has 3 rings (SSSR count). The molecule has 0 radical (unpaired) electrons. The second-order valence-corrected chi connectivity index (χ2v) is 8.45. The zero-order valence-corrected chi connectivity index (χ0v) is 18.7. The Morgan fingerprint density at radius 1 is 1.00 bits per heavy atom. The molecule has 2 N–H and O–H groups in total. The Morgan fingerprint density at radius 3 is 2.29 bits per heavy atom. The first-order chi connectivity index (χ1) is 15.0. The molecular weight excluding hydrogens is 410 g/mol. The first-order valence-corrected chi connectivity index (χ1v) is 11.1. The SMILES string of the molecule is CC(C)[C@@H](NC(=O)c1ccccc1)c1nnc(SCC(=O)NCc2ccccc2)n1C. The van der Waals surface area contributed by atoms with Crippen molar-refractivity contribution in [2.24, 2.45) is 13.0 Å². The summed E-state index contributed by atoms with van der Waals surface area (Å²) in [6, 6.07) is 18.6. The second-order valence-electron chi connectivity index (χ2n) is 7.51. The van der Waals surface area contributed by atoms with Crippen LogP contribution in [0.15, 0.2) is 65.8 Å². The minimum atomic E-state index is -0.300. The van der Waals surface area contributed by atoms with Crippen molar-refractivity contribution in [3.63, 3.8) is 0 Å². The standard InChI is InChI=1S/C23H27N5O2S/c1-16(2)20(25-22(30)18-12-8-5-9-13-18)21-26-27-23(28(21)3)31-15-19(29)24-14-17-10-6-4-7-11-17/h4-13,16,20H,14-15H2,1-3H3,(H,24,29)(H,25,30)/t20-/m1/s1. The Kier molecular flexibility index (Phi) is 7.83. The maximum absolute atomic E-state index is 12.6. The Hall–Kier alpha value is -3.13. The van der Waals surface area contributed by atoms with Gasteiger partial charge in [0.1, 0.15) is 0 Å². The first kappa shape index (κ1) is 22.6. The van der Waals surface area contributed by atoms with Gasteiger partial charge in [-0.1, -0.05) is 74.1 Å². The third-order valence-corrected chi connectivity index (χ3v) is 5.82. The number of benzene rings is 2. The fourth-order valence-corrected chi connectivity index (χ4v) is 3.79. The van der Waals surface area contributed by atoms with Gasteiger partial charge in [0.05, 0.1) is 11.8 Å². The third-order valence-electron chi connectivity index (χ3n) is 4.80. The molecule has 0 saturated carbocycles. The van der Waals surface area contributed by atoms with E-state index in [9.17, 15) is 9.59 Å². The smallest absolute Gasteiger partial charge is 0.251 e. The van der Waals surface area contributed by atoms with E-state index in [-0.39, 0.29) is 29.5 Å². The van der Waals surface area contributed by atoms with Crippen molar-refractivity contribution >= 4 is 23.6 Å². The van der Waals surface area contributed by atoms with E-state index < -0.39 is 0 Å². The van der Waals surface area contributed by atoms with Crippen LogP contribution in [-0.4, -0.2) is 32.3 Å². The number of nitrogens with one attached hydrogen (secondary N) is 2. The monoisotopic (exact) mass is 437 g/mol. The molecule has 0 aliphatic heterocycles. The highest BCUT2D eigenvalue weighted by Gasteiger charge is 2.25. The summed E-state index contributed by atoms with van der Waals surface area (Å²) in [5.74, 6) is 0.781. The Morgan fingerprint density at radius 2 is 1.65 bits per heavy atom. The second kappa shape index (κ2) is 10.8. The summed E-state index contributed by atoms with van der Waals surface area (Å²) in [6.07, 6.45) is 0. The summed E-state index contributed by atoms with van der Waals surface area (Å²) in [7, 11) is 1.85. The highest BCUT2D eigenvalue weighted by atomic mass is 32.2. The maximum Gasteiger partial charge on any atom is 0.251 e. The van der Waals surface area contributed by atoms with Crippen molar-refractivity contribution in [3.05, 3.63) is 77.6 Å². The number of aromatic nitrogens is 3. The van der Waals surface area contributed by atoms with E-state index in [0.717, 1.165) is 5.56 Å². The molecule has 1 atom stereocenters. The van der Waals surface area contributed by atoms with Crippen LogP contribution < -0.4 is 10.6 Å². The van der Waals surface area contributed by atoms with Gasteiger partial charge in [0.15, 0.2) is 11.0 Å². The van der Waals surface area contributed by atoms with Gasteiger partial charge in [0.25, 0.3) is 5.91 Å². The van der Waals surface area contributed by atoms with Crippen molar-refractivity contribution < 1.29 is 9.59 Å². The summed E-state index contributed by atoms with van der Waals surface area (Å²) in [4.78, 5) is 24.8. The van der Waals surface area contributed by atoms with Crippen molar-refractivity contribution in [2.75, 3.05) is 5.75 Å². The molecule has 0 bridgehead atoms. The molecule has 0 aliphatic carbocycles. The molecule has 3 aromatic rings. The van der Waals surface area contributed by atoms with Crippen LogP contribution in [0.25, 0.3) is 0 Å². The van der Waals surface area contributed by atoms with E-state index in [0.29, 0.717) is 23.1 Å². The van der Waals surface area contributed by atoms with Gasteiger partial charge in [-0.05, 0) is 23.6 Å². The lowest BCUT2D eigenvalue weighted by molar-refractivity contribution is -0.118. The highest BCUT2D eigenvalue weighted by Crippen LogP contribution is 2.24. The molecular formula is C23H27N5O2S. The van der Waals surface area contributed by atoms with Crippen molar-refractivity contribution in [2.45, 2.75) is 31.6 Å². The molecule has 2 aromatic carbocycles. The van der Waals surface area contributed by atoms with Gasteiger partial charge < -0.3 is 15.2 Å². The summed E-state index contributed by atoms with van der Waals surface area (Å²) < 4.78 is 1.84. The maximum atomic E-state index is 12.6. The van der Waals surface area contributed by atoms with Crippen LogP contribution in [0.4, 0.5) is 0 Å². The highest BCUT2D eigenvalue weighted by molar-refractivity contribution is 7.99. The van der Waals surface area contributed by atoms with E-state index in [2.05, 4.69) is 20.8 Å². The van der Waals surface area contributed by atoms with Crippen LogP contribution in [0.5, 0.6) is 0 Å². The van der Waals surface area contributed by atoms with Crippen LogP contribution in [0.1, 0.15) is 41.6 Å². The minimum Gasteiger partial charge on any atom is -0.351 e. The number of thioether (sulfide) groups is 1. The number of amides is 2. The number of carbonyl (C=O) groups excluding carboxylic acids is 2.